The monoisotopic (exact) mass is 357 g/mol. The molecular weight excluding hydrogens is 338 g/mol. The van der Waals surface area contributed by atoms with Crippen molar-refractivity contribution in [3.05, 3.63) is 65.5 Å². The van der Waals surface area contributed by atoms with Crippen LogP contribution in [0.2, 0.25) is 0 Å². The van der Waals surface area contributed by atoms with Gasteiger partial charge in [0.15, 0.2) is 0 Å². The Morgan fingerprint density at radius 1 is 0.960 bits per heavy atom. The molecule has 6 nitrogen and oxygen atoms in total. The van der Waals surface area contributed by atoms with Gasteiger partial charge in [-0.25, -0.2) is 8.42 Å². The minimum absolute atomic E-state index is 0.00900. The lowest BCUT2D eigenvalue weighted by atomic mass is 10.1. The summed E-state index contributed by atoms with van der Waals surface area (Å²) in [5, 5.41) is 3.93. The number of sulfonamides is 1. The fourth-order valence-electron chi connectivity index (χ4n) is 2.30. The molecule has 130 valence electrons. The standard InChI is InChI=1S/C18H19N3O3S/c1-13-4-8-15(9-5-13)18-19-17(24-20-18)12-21(3)25(22,23)16-10-6-14(2)7-11-16/h4-11H,12H2,1-3H3. The zero-order valence-corrected chi connectivity index (χ0v) is 15.1. The SMILES string of the molecule is Cc1ccc(-c2noc(CN(C)S(=O)(=O)c3ccc(C)cc3)n2)cc1. The number of nitrogens with zero attached hydrogens (tertiary/aromatic N) is 3. The van der Waals surface area contributed by atoms with Crippen LogP contribution in [-0.4, -0.2) is 29.9 Å². The molecule has 3 aromatic rings. The second-order valence-electron chi connectivity index (χ2n) is 5.95. The van der Waals surface area contributed by atoms with Crippen LogP contribution in [0.25, 0.3) is 11.4 Å². The van der Waals surface area contributed by atoms with Crippen LogP contribution in [-0.2, 0) is 16.6 Å². The van der Waals surface area contributed by atoms with Gasteiger partial charge in [0.05, 0.1) is 11.4 Å². The summed E-state index contributed by atoms with van der Waals surface area (Å²) in [7, 11) is -2.12. The Labute approximate surface area is 147 Å². The normalized spacial score (nSPS) is 11.8. The first-order valence-corrected chi connectivity index (χ1v) is 9.23. The van der Waals surface area contributed by atoms with E-state index in [1.807, 2.05) is 38.1 Å². The first kappa shape index (κ1) is 17.3. The van der Waals surface area contributed by atoms with Crippen molar-refractivity contribution in [2.24, 2.45) is 0 Å². The third-order valence-corrected chi connectivity index (χ3v) is 5.68. The molecule has 25 heavy (non-hydrogen) atoms. The molecule has 0 spiro atoms. The molecular formula is C18H19N3O3S. The molecule has 2 aromatic carbocycles. The van der Waals surface area contributed by atoms with E-state index in [2.05, 4.69) is 10.1 Å². The molecule has 0 amide bonds. The Hall–Kier alpha value is -2.51. The van der Waals surface area contributed by atoms with E-state index < -0.39 is 10.0 Å². The topological polar surface area (TPSA) is 76.3 Å². The lowest BCUT2D eigenvalue weighted by Crippen LogP contribution is -2.26. The van der Waals surface area contributed by atoms with E-state index in [9.17, 15) is 8.42 Å². The van der Waals surface area contributed by atoms with Crippen LogP contribution in [0, 0.1) is 13.8 Å². The molecule has 0 N–H and O–H groups in total. The Morgan fingerprint density at radius 3 is 2.12 bits per heavy atom. The molecule has 0 atom stereocenters. The number of rotatable bonds is 5. The molecule has 0 aliphatic rings. The summed E-state index contributed by atoms with van der Waals surface area (Å²) >= 11 is 0. The van der Waals surface area contributed by atoms with E-state index in [1.165, 1.54) is 11.4 Å². The lowest BCUT2D eigenvalue weighted by Gasteiger charge is -2.15. The smallest absolute Gasteiger partial charge is 0.243 e. The summed E-state index contributed by atoms with van der Waals surface area (Å²) in [6, 6.07) is 14.4. The highest BCUT2D eigenvalue weighted by Crippen LogP contribution is 2.19. The van der Waals surface area contributed by atoms with Gasteiger partial charge in [-0.2, -0.15) is 9.29 Å². The molecule has 1 heterocycles. The maximum atomic E-state index is 12.6. The van der Waals surface area contributed by atoms with Gasteiger partial charge in [0.25, 0.3) is 0 Å². The van der Waals surface area contributed by atoms with Crippen molar-refractivity contribution in [3.8, 4) is 11.4 Å². The number of aryl methyl sites for hydroxylation is 2. The average molecular weight is 357 g/mol. The average Bonchev–Trinajstić information content (AvgIpc) is 3.04. The van der Waals surface area contributed by atoms with Gasteiger partial charge in [0.1, 0.15) is 0 Å². The zero-order chi connectivity index (χ0) is 18.0. The van der Waals surface area contributed by atoms with Crippen molar-refractivity contribution in [1.82, 2.24) is 14.4 Å². The molecule has 7 heteroatoms. The highest BCUT2D eigenvalue weighted by molar-refractivity contribution is 7.89. The van der Waals surface area contributed by atoms with Crippen molar-refractivity contribution in [2.45, 2.75) is 25.3 Å². The summed E-state index contributed by atoms with van der Waals surface area (Å²) < 4.78 is 31.6. The fraction of sp³-hybridized carbons (Fsp3) is 0.222. The van der Waals surface area contributed by atoms with Crippen molar-refractivity contribution >= 4 is 10.0 Å². The Balaban J connectivity index is 1.78. The highest BCUT2D eigenvalue weighted by Gasteiger charge is 2.23. The predicted octanol–water partition coefficient (Wildman–Crippen LogP) is 3.17. The van der Waals surface area contributed by atoms with E-state index in [-0.39, 0.29) is 17.3 Å². The van der Waals surface area contributed by atoms with Gasteiger partial charge in [-0.05, 0) is 26.0 Å². The summed E-state index contributed by atoms with van der Waals surface area (Å²) in [4.78, 5) is 4.52. The van der Waals surface area contributed by atoms with Crippen LogP contribution >= 0.6 is 0 Å². The van der Waals surface area contributed by atoms with Crippen molar-refractivity contribution in [2.75, 3.05) is 7.05 Å². The first-order chi connectivity index (χ1) is 11.9. The minimum atomic E-state index is -3.61. The largest absolute Gasteiger partial charge is 0.338 e. The molecule has 0 aliphatic carbocycles. The van der Waals surface area contributed by atoms with Gasteiger partial charge in [-0.1, -0.05) is 52.7 Å². The van der Waals surface area contributed by atoms with Gasteiger partial charge in [0, 0.05) is 12.6 Å². The van der Waals surface area contributed by atoms with Gasteiger partial charge in [0.2, 0.25) is 21.7 Å². The van der Waals surface area contributed by atoms with Gasteiger partial charge in [-0.15, -0.1) is 0 Å². The zero-order valence-electron chi connectivity index (χ0n) is 14.3. The molecule has 0 fully saturated rings. The third-order valence-electron chi connectivity index (χ3n) is 3.86. The van der Waals surface area contributed by atoms with E-state index in [0.29, 0.717) is 5.82 Å². The molecule has 1 aromatic heterocycles. The van der Waals surface area contributed by atoms with Gasteiger partial charge >= 0.3 is 0 Å². The molecule has 0 unspecified atom stereocenters. The first-order valence-electron chi connectivity index (χ1n) is 7.79. The maximum Gasteiger partial charge on any atom is 0.243 e. The third kappa shape index (κ3) is 3.78. The predicted molar refractivity (Wildman–Crippen MR) is 94.3 cm³/mol. The van der Waals surface area contributed by atoms with Crippen LogP contribution < -0.4 is 0 Å². The quantitative estimate of drug-likeness (QED) is 0.701. The number of hydrogen-bond donors (Lipinski definition) is 0. The van der Waals surface area contributed by atoms with Crippen molar-refractivity contribution in [3.63, 3.8) is 0 Å². The van der Waals surface area contributed by atoms with E-state index in [4.69, 9.17) is 4.52 Å². The molecule has 0 aliphatic heterocycles. The van der Waals surface area contributed by atoms with E-state index in [1.54, 1.807) is 24.3 Å². The summed E-state index contributed by atoms with van der Waals surface area (Å²) in [5.74, 6) is 0.685. The summed E-state index contributed by atoms with van der Waals surface area (Å²) in [6.07, 6.45) is 0. The van der Waals surface area contributed by atoms with Crippen LogP contribution in [0.1, 0.15) is 17.0 Å². The molecule has 0 radical (unpaired) electrons. The molecule has 3 rings (SSSR count). The second-order valence-corrected chi connectivity index (χ2v) is 8.00. The second kappa shape index (κ2) is 6.78. The molecule has 0 saturated carbocycles. The molecule has 0 bridgehead atoms. The Morgan fingerprint density at radius 2 is 1.52 bits per heavy atom. The van der Waals surface area contributed by atoms with Crippen LogP contribution in [0.5, 0.6) is 0 Å². The highest BCUT2D eigenvalue weighted by atomic mass is 32.2. The van der Waals surface area contributed by atoms with Crippen LogP contribution in [0.4, 0.5) is 0 Å². The van der Waals surface area contributed by atoms with Gasteiger partial charge in [-0.3, -0.25) is 0 Å². The Bertz CT molecular complexity index is 962. The lowest BCUT2D eigenvalue weighted by molar-refractivity contribution is 0.337. The van der Waals surface area contributed by atoms with E-state index >= 15 is 0 Å². The number of aromatic nitrogens is 2. The minimum Gasteiger partial charge on any atom is -0.338 e. The van der Waals surface area contributed by atoms with Crippen LogP contribution in [0.15, 0.2) is 57.9 Å². The van der Waals surface area contributed by atoms with Crippen molar-refractivity contribution < 1.29 is 12.9 Å². The van der Waals surface area contributed by atoms with Gasteiger partial charge < -0.3 is 4.52 Å². The maximum absolute atomic E-state index is 12.6. The Kier molecular flexibility index (Phi) is 4.69. The summed E-state index contributed by atoms with van der Waals surface area (Å²) in [6.45, 7) is 3.91. The molecule has 0 saturated heterocycles. The number of benzene rings is 2. The summed E-state index contributed by atoms with van der Waals surface area (Å²) in [5.41, 5.74) is 2.96. The fourth-order valence-corrected chi connectivity index (χ4v) is 3.42. The van der Waals surface area contributed by atoms with E-state index in [0.717, 1.165) is 16.7 Å². The number of hydrogen-bond acceptors (Lipinski definition) is 5. The van der Waals surface area contributed by atoms with Crippen molar-refractivity contribution in [1.29, 1.82) is 0 Å². The van der Waals surface area contributed by atoms with Crippen LogP contribution in [0.3, 0.4) is 0 Å².